The van der Waals surface area contributed by atoms with Crippen molar-refractivity contribution < 1.29 is 9.53 Å². The first kappa shape index (κ1) is 15.7. The van der Waals surface area contributed by atoms with Crippen LogP contribution in [0.5, 0.6) is 0 Å². The molecule has 0 bridgehead atoms. The zero-order chi connectivity index (χ0) is 14.3. The van der Waals surface area contributed by atoms with Gasteiger partial charge >= 0.3 is 0 Å². The maximum absolute atomic E-state index is 11.9. The minimum absolute atomic E-state index is 0.00528. The van der Waals surface area contributed by atoms with Crippen molar-refractivity contribution in [2.75, 3.05) is 20.3 Å². The van der Waals surface area contributed by atoms with Crippen molar-refractivity contribution >= 4 is 5.91 Å². The molecule has 0 aliphatic rings. The van der Waals surface area contributed by atoms with Crippen molar-refractivity contribution in [2.24, 2.45) is 0 Å². The van der Waals surface area contributed by atoms with Gasteiger partial charge in [-0.2, -0.15) is 0 Å². The second kappa shape index (κ2) is 7.96. The van der Waals surface area contributed by atoms with Crippen LogP contribution in [0.4, 0.5) is 0 Å². The van der Waals surface area contributed by atoms with Gasteiger partial charge in [0, 0.05) is 31.1 Å². The molecule has 0 radical (unpaired) electrons. The van der Waals surface area contributed by atoms with Crippen molar-refractivity contribution in [1.82, 2.24) is 15.2 Å². The second-order valence-electron chi connectivity index (χ2n) is 4.76. The van der Waals surface area contributed by atoms with Crippen LogP contribution in [-0.2, 0) is 16.1 Å². The predicted octanol–water partition coefficient (Wildman–Crippen LogP) is 1.31. The van der Waals surface area contributed by atoms with Crippen LogP contribution in [-0.4, -0.2) is 36.8 Å². The van der Waals surface area contributed by atoms with E-state index in [0.29, 0.717) is 13.2 Å². The maximum atomic E-state index is 11.9. The van der Waals surface area contributed by atoms with E-state index in [1.54, 1.807) is 7.11 Å². The molecule has 0 saturated carbocycles. The van der Waals surface area contributed by atoms with Crippen LogP contribution in [0, 0.1) is 0 Å². The Morgan fingerprint density at radius 3 is 2.84 bits per heavy atom. The minimum atomic E-state index is 0.00528. The van der Waals surface area contributed by atoms with Crippen LogP contribution in [0.1, 0.15) is 32.5 Å². The lowest BCUT2D eigenvalue weighted by atomic mass is 10.2. The number of amides is 1. The highest BCUT2D eigenvalue weighted by Crippen LogP contribution is 2.12. The number of carbonyl (C=O) groups excluding carboxylic acids is 1. The fraction of sp³-hybridized carbons (Fsp3) is 0.643. The topological polar surface area (TPSA) is 55.3 Å². The molecule has 0 aliphatic carbocycles. The van der Waals surface area contributed by atoms with E-state index in [1.807, 2.05) is 29.8 Å². The quantitative estimate of drug-likeness (QED) is 0.746. The fourth-order valence-electron chi connectivity index (χ4n) is 2.14. The number of aromatic nitrogens is 1. The van der Waals surface area contributed by atoms with Crippen LogP contribution < -0.4 is 10.6 Å². The maximum Gasteiger partial charge on any atom is 0.240 e. The predicted molar refractivity (Wildman–Crippen MR) is 76.0 cm³/mol. The van der Waals surface area contributed by atoms with Crippen molar-refractivity contribution in [2.45, 2.75) is 39.4 Å². The molecule has 19 heavy (non-hydrogen) atoms. The molecule has 2 N–H and O–H groups in total. The van der Waals surface area contributed by atoms with Gasteiger partial charge in [-0.1, -0.05) is 6.92 Å². The van der Waals surface area contributed by atoms with Crippen molar-refractivity contribution in [1.29, 1.82) is 0 Å². The Bertz CT molecular complexity index is 390. The molecular formula is C14H25N3O2. The van der Waals surface area contributed by atoms with Gasteiger partial charge in [0.05, 0.1) is 6.61 Å². The summed E-state index contributed by atoms with van der Waals surface area (Å²) in [6, 6.07) is 4.28. The van der Waals surface area contributed by atoms with Gasteiger partial charge in [-0.3, -0.25) is 4.79 Å². The van der Waals surface area contributed by atoms with Gasteiger partial charge in [0.2, 0.25) is 5.91 Å². The first-order chi connectivity index (χ1) is 9.08. The third-order valence-corrected chi connectivity index (χ3v) is 2.96. The van der Waals surface area contributed by atoms with E-state index in [1.165, 1.54) is 0 Å². The lowest BCUT2D eigenvalue weighted by Gasteiger charge is -2.17. The van der Waals surface area contributed by atoms with Gasteiger partial charge in [-0.05, 0) is 32.5 Å². The number of ether oxygens (including phenoxy) is 1. The Hall–Kier alpha value is -1.33. The molecular weight excluding hydrogens is 242 g/mol. The fourth-order valence-corrected chi connectivity index (χ4v) is 2.14. The number of hydrogen-bond donors (Lipinski definition) is 2. The summed E-state index contributed by atoms with van der Waals surface area (Å²) >= 11 is 0. The van der Waals surface area contributed by atoms with E-state index in [9.17, 15) is 4.79 Å². The van der Waals surface area contributed by atoms with Crippen molar-refractivity contribution in [3.8, 4) is 0 Å². The molecule has 1 rings (SSSR count). The summed E-state index contributed by atoms with van der Waals surface area (Å²) in [6.07, 6.45) is 1.93. The molecule has 1 heterocycles. The normalized spacial score (nSPS) is 14.1. The Morgan fingerprint density at radius 1 is 1.47 bits per heavy atom. The average molecular weight is 267 g/mol. The Morgan fingerprint density at radius 2 is 2.21 bits per heavy atom. The molecule has 0 saturated heterocycles. The SMILES string of the molecule is CCNC(C)c1cccn1CC(=O)NC(C)COC. The van der Waals surface area contributed by atoms with Crippen molar-refractivity contribution in [3.63, 3.8) is 0 Å². The van der Waals surface area contributed by atoms with Crippen LogP contribution in [0.2, 0.25) is 0 Å². The number of nitrogens with one attached hydrogen (secondary N) is 2. The number of rotatable bonds is 8. The highest BCUT2D eigenvalue weighted by Gasteiger charge is 2.12. The number of hydrogen-bond acceptors (Lipinski definition) is 3. The van der Waals surface area contributed by atoms with Crippen LogP contribution >= 0.6 is 0 Å². The first-order valence-corrected chi connectivity index (χ1v) is 6.75. The zero-order valence-corrected chi connectivity index (χ0v) is 12.3. The van der Waals surface area contributed by atoms with Gasteiger partial charge in [-0.15, -0.1) is 0 Å². The molecule has 5 nitrogen and oxygen atoms in total. The van der Waals surface area contributed by atoms with Gasteiger partial charge in [0.15, 0.2) is 0 Å². The molecule has 0 aliphatic heterocycles. The summed E-state index contributed by atoms with van der Waals surface area (Å²) in [4.78, 5) is 11.9. The summed E-state index contributed by atoms with van der Waals surface area (Å²) in [5.74, 6) is 0.00528. The molecule has 108 valence electrons. The summed E-state index contributed by atoms with van der Waals surface area (Å²) in [5.41, 5.74) is 1.12. The Labute approximate surface area is 115 Å². The Kier molecular flexibility index (Phi) is 6.59. The molecule has 0 fully saturated rings. The lowest BCUT2D eigenvalue weighted by molar-refractivity contribution is -0.122. The second-order valence-corrected chi connectivity index (χ2v) is 4.76. The van der Waals surface area contributed by atoms with Crippen LogP contribution in [0.25, 0.3) is 0 Å². The highest BCUT2D eigenvalue weighted by atomic mass is 16.5. The summed E-state index contributed by atoms with van der Waals surface area (Å²) < 4.78 is 6.98. The number of nitrogens with zero attached hydrogens (tertiary/aromatic N) is 1. The Balaban J connectivity index is 2.57. The molecule has 1 aromatic rings. The number of carbonyl (C=O) groups is 1. The zero-order valence-electron chi connectivity index (χ0n) is 12.3. The lowest BCUT2D eigenvalue weighted by Crippen LogP contribution is -2.38. The molecule has 2 unspecified atom stereocenters. The smallest absolute Gasteiger partial charge is 0.240 e. The largest absolute Gasteiger partial charge is 0.383 e. The van der Waals surface area contributed by atoms with Gasteiger partial charge in [0.25, 0.3) is 0 Å². The van der Waals surface area contributed by atoms with Gasteiger partial charge in [0.1, 0.15) is 6.54 Å². The molecule has 0 spiro atoms. The molecule has 2 atom stereocenters. The minimum Gasteiger partial charge on any atom is -0.383 e. The van der Waals surface area contributed by atoms with E-state index < -0.39 is 0 Å². The summed E-state index contributed by atoms with van der Waals surface area (Å²) in [7, 11) is 1.63. The van der Waals surface area contributed by atoms with E-state index in [0.717, 1.165) is 12.2 Å². The highest BCUT2D eigenvalue weighted by molar-refractivity contribution is 5.76. The van der Waals surface area contributed by atoms with Gasteiger partial charge in [-0.25, -0.2) is 0 Å². The summed E-state index contributed by atoms with van der Waals surface area (Å²) in [5, 5.41) is 6.26. The molecule has 1 aromatic heterocycles. The van der Waals surface area contributed by atoms with E-state index in [2.05, 4.69) is 24.5 Å². The van der Waals surface area contributed by atoms with E-state index in [4.69, 9.17) is 4.74 Å². The van der Waals surface area contributed by atoms with Crippen molar-refractivity contribution in [3.05, 3.63) is 24.0 Å². The third kappa shape index (κ3) is 5.04. The standard InChI is InChI=1S/C14H25N3O2/c1-5-15-12(3)13-7-6-8-17(13)9-14(18)16-11(2)10-19-4/h6-8,11-12,15H,5,9-10H2,1-4H3,(H,16,18). The monoisotopic (exact) mass is 267 g/mol. The molecule has 1 amide bonds. The third-order valence-electron chi connectivity index (χ3n) is 2.96. The van der Waals surface area contributed by atoms with E-state index in [-0.39, 0.29) is 18.0 Å². The van der Waals surface area contributed by atoms with E-state index >= 15 is 0 Å². The number of methoxy groups -OCH3 is 1. The van der Waals surface area contributed by atoms with Crippen LogP contribution in [0.15, 0.2) is 18.3 Å². The molecule has 0 aromatic carbocycles. The summed E-state index contributed by atoms with van der Waals surface area (Å²) in [6.45, 7) is 7.87. The molecule has 5 heteroatoms. The van der Waals surface area contributed by atoms with Crippen LogP contribution in [0.3, 0.4) is 0 Å². The average Bonchev–Trinajstić information content (AvgIpc) is 2.77. The first-order valence-electron chi connectivity index (χ1n) is 6.75. The van der Waals surface area contributed by atoms with Gasteiger partial charge < -0.3 is 19.9 Å².